The maximum Gasteiger partial charge on any atom is 0.326 e. The topological polar surface area (TPSA) is 84.0 Å². The third kappa shape index (κ3) is 4.08. The molecular formula is C14H19NO6. The van der Waals surface area contributed by atoms with Gasteiger partial charge < -0.3 is 18.9 Å². The van der Waals surface area contributed by atoms with Crippen molar-refractivity contribution >= 4 is 11.9 Å². The molecule has 0 atom stereocenters. The van der Waals surface area contributed by atoms with Gasteiger partial charge in [0.25, 0.3) is 5.88 Å². The van der Waals surface area contributed by atoms with Crippen LogP contribution < -0.4 is 9.47 Å². The van der Waals surface area contributed by atoms with Crippen LogP contribution in [0.5, 0.6) is 11.6 Å². The lowest BCUT2D eigenvalue weighted by atomic mass is 10.1. The summed E-state index contributed by atoms with van der Waals surface area (Å²) in [5.41, 5.74) is 0.185. The molecule has 1 heterocycles. The summed E-state index contributed by atoms with van der Waals surface area (Å²) in [7, 11) is 2.88. The zero-order chi connectivity index (χ0) is 15.8. The Labute approximate surface area is 123 Å². The van der Waals surface area contributed by atoms with Crippen LogP contribution >= 0.6 is 0 Å². The fourth-order valence-corrected chi connectivity index (χ4v) is 1.69. The predicted molar refractivity (Wildman–Crippen MR) is 73.3 cm³/mol. The minimum absolute atomic E-state index is 0.155. The highest BCUT2D eigenvalue weighted by molar-refractivity contribution is 6.00. The van der Waals surface area contributed by atoms with Gasteiger partial charge in [0.05, 0.1) is 33.1 Å². The maximum absolute atomic E-state index is 12.0. The van der Waals surface area contributed by atoms with Crippen molar-refractivity contribution in [2.45, 2.75) is 19.8 Å². The van der Waals surface area contributed by atoms with E-state index in [1.807, 2.05) is 0 Å². The third-order valence-electron chi connectivity index (χ3n) is 2.60. The van der Waals surface area contributed by atoms with Crippen LogP contribution in [-0.2, 0) is 19.1 Å². The molecule has 7 nitrogen and oxygen atoms in total. The molecule has 0 fully saturated rings. The first kappa shape index (κ1) is 16.7. The standard InChI is InChI=1S/C14H19NO6/c1-5-20-13(16)11(14(17)21-6-2)9-7-8-10(18-3)12(15-9)19-4/h7-8,11H,5-6H2,1-4H3. The number of nitrogens with zero attached hydrogens (tertiary/aromatic N) is 1. The molecule has 0 spiro atoms. The van der Waals surface area contributed by atoms with E-state index in [-0.39, 0.29) is 24.8 Å². The lowest BCUT2D eigenvalue weighted by Gasteiger charge is -2.15. The molecule has 0 unspecified atom stereocenters. The molecule has 0 N–H and O–H groups in total. The summed E-state index contributed by atoms with van der Waals surface area (Å²) in [4.78, 5) is 28.1. The Bertz CT molecular complexity index is 484. The van der Waals surface area contributed by atoms with Crippen LogP contribution in [0.3, 0.4) is 0 Å². The maximum atomic E-state index is 12.0. The van der Waals surface area contributed by atoms with Gasteiger partial charge in [-0.25, -0.2) is 4.98 Å². The number of ether oxygens (including phenoxy) is 4. The van der Waals surface area contributed by atoms with E-state index in [2.05, 4.69) is 4.98 Å². The van der Waals surface area contributed by atoms with Crippen molar-refractivity contribution in [1.29, 1.82) is 0 Å². The molecule has 0 radical (unpaired) electrons. The summed E-state index contributed by atoms with van der Waals surface area (Å²) in [5, 5.41) is 0. The van der Waals surface area contributed by atoms with Gasteiger partial charge in [-0.1, -0.05) is 0 Å². The number of hydrogen-bond acceptors (Lipinski definition) is 7. The molecule has 0 aromatic carbocycles. The monoisotopic (exact) mass is 297 g/mol. The number of rotatable bonds is 7. The van der Waals surface area contributed by atoms with Crippen molar-refractivity contribution in [3.05, 3.63) is 17.8 Å². The number of pyridine rings is 1. The van der Waals surface area contributed by atoms with Crippen molar-refractivity contribution in [3.63, 3.8) is 0 Å². The summed E-state index contributed by atoms with van der Waals surface area (Å²) in [6.45, 7) is 3.62. The minimum Gasteiger partial charge on any atom is -0.491 e. The average Bonchev–Trinajstić information content (AvgIpc) is 2.47. The number of carbonyl (C=O) groups excluding carboxylic acids is 2. The quantitative estimate of drug-likeness (QED) is 0.554. The van der Waals surface area contributed by atoms with Crippen molar-refractivity contribution in [2.24, 2.45) is 0 Å². The van der Waals surface area contributed by atoms with Crippen LogP contribution in [0.25, 0.3) is 0 Å². The Balaban J connectivity index is 3.19. The minimum atomic E-state index is -1.25. The first-order chi connectivity index (χ1) is 10.1. The Morgan fingerprint density at radius 2 is 1.62 bits per heavy atom. The largest absolute Gasteiger partial charge is 0.491 e. The van der Waals surface area contributed by atoms with Crippen molar-refractivity contribution < 1.29 is 28.5 Å². The van der Waals surface area contributed by atoms with E-state index in [1.165, 1.54) is 20.3 Å². The van der Waals surface area contributed by atoms with Crippen LogP contribution in [0.15, 0.2) is 12.1 Å². The van der Waals surface area contributed by atoms with Gasteiger partial charge in [-0.2, -0.15) is 0 Å². The molecule has 0 aliphatic heterocycles. The third-order valence-corrected chi connectivity index (χ3v) is 2.60. The molecule has 1 aromatic rings. The first-order valence-corrected chi connectivity index (χ1v) is 6.51. The molecule has 116 valence electrons. The zero-order valence-corrected chi connectivity index (χ0v) is 12.5. The highest BCUT2D eigenvalue weighted by Gasteiger charge is 2.33. The van der Waals surface area contributed by atoms with Gasteiger partial charge in [-0.15, -0.1) is 0 Å². The van der Waals surface area contributed by atoms with E-state index >= 15 is 0 Å². The van der Waals surface area contributed by atoms with Gasteiger partial charge in [0.1, 0.15) is 0 Å². The molecule has 0 saturated carbocycles. The van der Waals surface area contributed by atoms with E-state index in [9.17, 15) is 9.59 Å². The summed E-state index contributed by atoms with van der Waals surface area (Å²) >= 11 is 0. The number of aromatic nitrogens is 1. The smallest absolute Gasteiger partial charge is 0.326 e. The van der Waals surface area contributed by atoms with Crippen LogP contribution in [0.2, 0.25) is 0 Å². The Morgan fingerprint density at radius 3 is 2.05 bits per heavy atom. The van der Waals surface area contributed by atoms with Gasteiger partial charge in [0.2, 0.25) is 0 Å². The molecule has 1 rings (SSSR count). The van der Waals surface area contributed by atoms with Gasteiger partial charge in [-0.05, 0) is 26.0 Å². The van der Waals surface area contributed by atoms with E-state index in [4.69, 9.17) is 18.9 Å². The van der Waals surface area contributed by atoms with Crippen molar-refractivity contribution in [2.75, 3.05) is 27.4 Å². The fraction of sp³-hybridized carbons (Fsp3) is 0.500. The van der Waals surface area contributed by atoms with Crippen LogP contribution in [0.4, 0.5) is 0 Å². The molecular weight excluding hydrogens is 278 g/mol. The molecule has 0 aliphatic rings. The highest BCUT2D eigenvalue weighted by atomic mass is 16.6. The number of esters is 2. The zero-order valence-electron chi connectivity index (χ0n) is 12.5. The van der Waals surface area contributed by atoms with E-state index < -0.39 is 17.9 Å². The summed E-state index contributed by atoms with van der Waals surface area (Å²) < 4.78 is 19.9. The molecule has 0 amide bonds. The summed E-state index contributed by atoms with van der Waals surface area (Å²) in [6.07, 6.45) is 0. The molecule has 0 aliphatic carbocycles. The molecule has 0 saturated heterocycles. The second-order valence-electron chi connectivity index (χ2n) is 3.88. The lowest BCUT2D eigenvalue weighted by molar-refractivity contribution is -0.157. The second-order valence-corrected chi connectivity index (χ2v) is 3.88. The number of hydrogen-bond donors (Lipinski definition) is 0. The SMILES string of the molecule is CCOC(=O)C(C(=O)OCC)c1ccc(OC)c(OC)n1. The molecule has 0 bridgehead atoms. The Morgan fingerprint density at radius 1 is 1.05 bits per heavy atom. The molecule has 7 heteroatoms. The molecule has 21 heavy (non-hydrogen) atoms. The van der Waals surface area contributed by atoms with Gasteiger partial charge in [0, 0.05) is 0 Å². The number of methoxy groups -OCH3 is 2. The van der Waals surface area contributed by atoms with Gasteiger partial charge in [0.15, 0.2) is 11.7 Å². The van der Waals surface area contributed by atoms with Crippen LogP contribution in [0, 0.1) is 0 Å². The number of carbonyl (C=O) groups is 2. The van der Waals surface area contributed by atoms with Crippen molar-refractivity contribution in [3.8, 4) is 11.6 Å². The van der Waals surface area contributed by atoms with Crippen molar-refractivity contribution in [1.82, 2.24) is 4.98 Å². The Hall–Kier alpha value is -2.31. The normalized spacial score (nSPS) is 10.1. The predicted octanol–water partition coefficient (Wildman–Crippen LogP) is 1.31. The Kier molecular flexibility index (Phi) is 6.45. The first-order valence-electron chi connectivity index (χ1n) is 6.51. The lowest BCUT2D eigenvalue weighted by Crippen LogP contribution is -2.27. The van der Waals surface area contributed by atoms with Crippen LogP contribution in [0.1, 0.15) is 25.5 Å². The second kappa shape index (κ2) is 8.08. The van der Waals surface area contributed by atoms with E-state index in [0.717, 1.165) is 0 Å². The highest BCUT2D eigenvalue weighted by Crippen LogP contribution is 2.28. The summed E-state index contributed by atoms with van der Waals surface area (Å²) in [6, 6.07) is 3.06. The molecule has 1 aromatic heterocycles. The average molecular weight is 297 g/mol. The van der Waals surface area contributed by atoms with E-state index in [1.54, 1.807) is 19.9 Å². The van der Waals surface area contributed by atoms with Gasteiger partial charge in [-0.3, -0.25) is 9.59 Å². The van der Waals surface area contributed by atoms with E-state index in [0.29, 0.717) is 5.75 Å². The fourth-order valence-electron chi connectivity index (χ4n) is 1.69. The summed E-state index contributed by atoms with van der Waals surface area (Å²) in [5.74, 6) is -2.10. The van der Waals surface area contributed by atoms with Crippen LogP contribution in [-0.4, -0.2) is 44.4 Å². The van der Waals surface area contributed by atoms with Gasteiger partial charge >= 0.3 is 11.9 Å².